The Labute approximate surface area is 189 Å². The minimum absolute atomic E-state index is 0.0276. The fourth-order valence-corrected chi connectivity index (χ4v) is 5.21. The van der Waals surface area contributed by atoms with Gasteiger partial charge in [0.05, 0.1) is 35.8 Å². The van der Waals surface area contributed by atoms with E-state index in [-0.39, 0.29) is 11.5 Å². The maximum Gasteiger partial charge on any atom is 0.433 e. The molecule has 0 unspecified atom stereocenters. The van der Waals surface area contributed by atoms with Crippen molar-refractivity contribution in [2.24, 2.45) is 5.41 Å². The van der Waals surface area contributed by atoms with Crippen molar-refractivity contribution in [2.75, 3.05) is 49.2 Å². The topological polar surface area (TPSA) is 72.2 Å². The van der Waals surface area contributed by atoms with E-state index in [1.165, 1.54) is 6.20 Å². The van der Waals surface area contributed by atoms with Crippen LogP contribution in [0.25, 0.3) is 11.2 Å². The van der Waals surface area contributed by atoms with E-state index >= 15 is 0 Å². The smallest absolute Gasteiger partial charge is 0.377 e. The van der Waals surface area contributed by atoms with E-state index < -0.39 is 11.9 Å². The molecule has 0 atom stereocenters. The summed E-state index contributed by atoms with van der Waals surface area (Å²) in [6, 6.07) is 1.32. The summed E-state index contributed by atoms with van der Waals surface area (Å²) in [5.74, 6) is 0.805. The molecule has 0 bridgehead atoms. The molecule has 3 aliphatic rings. The zero-order valence-electron chi connectivity index (χ0n) is 16.9. The van der Waals surface area contributed by atoms with Crippen LogP contribution in [0.1, 0.15) is 18.2 Å². The van der Waals surface area contributed by atoms with Crippen LogP contribution in [0.15, 0.2) is 29.1 Å². The van der Waals surface area contributed by atoms with Crippen molar-refractivity contribution in [1.29, 1.82) is 0 Å². The number of fused-ring (bicyclic) bond motifs is 1. The predicted molar refractivity (Wildman–Crippen MR) is 114 cm³/mol. The van der Waals surface area contributed by atoms with E-state index in [9.17, 15) is 13.2 Å². The predicted octanol–water partition coefficient (Wildman–Crippen LogP) is 3.29. The van der Waals surface area contributed by atoms with Gasteiger partial charge in [0.1, 0.15) is 23.1 Å². The second kappa shape index (κ2) is 7.01. The normalized spacial score (nSPS) is 20.8. The van der Waals surface area contributed by atoms with Crippen LogP contribution in [0.3, 0.4) is 0 Å². The number of hydrogen-bond acceptors (Lipinski definition) is 7. The Kier molecular flexibility index (Phi) is 4.42. The van der Waals surface area contributed by atoms with Crippen LogP contribution >= 0.6 is 15.9 Å². The molecule has 1 spiro atoms. The number of aromatic nitrogens is 5. The summed E-state index contributed by atoms with van der Waals surface area (Å²) in [6.07, 6.45) is 1.22. The van der Waals surface area contributed by atoms with Crippen molar-refractivity contribution in [1.82, 2.24) is 24.7 Å². The molecule has 3 saturated heterocycles. The van der Waals surface area contributed by atoms with Gasteiger partial charge in [-0.15, -0.1) is 0 Å². The van der Waals surface area contributed by atoms with Crippen molar-refractivity contribution in [2.45, 2.75) is 18.6 Å². The monoisotopic (exact) mass is 509 g/mol. The number of nitrogens with zero attached hydrogens (tertiary/aromatic N) is 7. The fourth-order valence-electron chi connectivity index (χ4n) is 4.74. The van der Waals surface area contributed by atoms with Gasteiger partial charge >= 0.3 is 6.18 Å². The Bertz CT molecular complexity index is 1190. The lowest BCUT2D eigenvalue weighted by atomic mass is 9.79. The minimum Gasteiger partial charge on any atom is -0.377 e. The Hall–Kier alpha value is -2.47. The third-order valence-corrected chi connectivity index (χ3v) is 7.15. The van der Waals surface area contributed by atoms with Crippen LogP contribution in [-0.2, 0) is 10.9 Å². The molecule has 6 heterocycles. The molecule has 6 rings (SSSR count). The standard InChI is InChI=1S/C20H19BrF3N7O/c21-13-4-26-16(20(22,23)24)3-15(13)30-10-19(11-30)1-2-29(9-19)17-6-25-14-5-27-31(18(14)28-17)12-7-32-8-12/h3-6,12H,1-2,7-11H2. The molecule has 12 heteroatoms. The summed E-state index contributed by atoms with van der Waals surface area (Å²) in [7, 11) is 0. The Balaban J connectivity index is 1.19. The van der Waals surface area contributed by atoms with Crippen molar-refractivity contribution in [3.05, 3.63) is 34.8 Å². The Morgan fingerprint density at radius 1 is 1.06 bits per heavy atom. The van der Waals surface area contributed by atoms with Crippen LogP contribution in [0.5, 0.6) is 0 Å². The summed E-state index contributed by atoms with van der Waals surface area (Å²) >= 11 is 3.35. The first-order valence-corrected chi connectivity index (χ1v) is 11.1. The first kappa shape index (κ1) is 20.2. The summed E-state index contributed by atoms with van der Waals surface area (Å²) in [5, 5.41) is 4.41. The van der Waals surface area contributed by atoms with Gasteiger partial charge in [0.15, 0.2) is 5.65 Å². The Morgan fingerprint density at radius 3 is 2.56 bits per heavy atom. The molecule has 3 aromatic heterocycles. The lowest BCUT2D eigenvalue weighted by Crippen LogP contribution is -2.58. The van der Waals surface area contributed by atoms with E-state index in [1.54, 1.807) is 12.4 Å². The molecule has 32 heavy (non-hydrogen) atoms. The van der Waals surface area contributed by atoms with Gasteiger partial charge in [0.2, 0.25) is 0 Å². The molecular formula is C20H19BrF3N7O. The molecule has 3 fully saturated rings. The minimum atomic E-state index is -4.46. The highest BCUT2D eigenvalue weighted by molar-refractivity contribution is 9.10. The van der Waals surface area contributed by atoms with Gasteiger partial charge < -0.3 is 14.5 Å². The summed E-state index contributed by atoms with van der Waals surface area (Å²) < 4.78 is 47.0. The number of rotatable bonds is 3. The van der Waals surface area contributed by atoms with E-state index in [0.717, 1.165) is 42.6 Å². The van der Waals surface area contributed by atoms with Gasteiger partial charge in [-0.25, -0.2) is 14.6 Å². The third kappa shape index (κ3) is 3.22. The number of pyridine rings is 1. The highest BCUT2D eigenvalue weighted by Crippen LogP contribution is 2.45. The fraction of sp³-hybridized carbons (Fsp3) is 0.500. The molecule has 0 saturated carbocycles. The first-order chi connectivity index (χ1) is 15.3. The summed E-state index contributed by atoms with van der Waals surface area (Å²) in [4.78, 5) is 17.0. The van der Waals surface area contributed by atoms with Gasteiger partial charge in [-0.05, 0) is 28.4 Å². The van der Waals surface area contributed by atoms with Gasteiger partial charge in [-0.1, -0.05) is 0 Å². The molecular weight excluding hydrogens is 491 g/mol. The van der Waals surface area contributed by atoms with E-state index in [1.807, 2.05) is 9.58 Å². The molecule has 0 radical (unpaired) electrons. The number of halogens is 4. The van der Waals surface area contributed by atoms with E-state index in [2.05, 4.69) is 35.9 Å². The molecule has 8 nitrogen and oxygen atoms in total. The molecule has 3 aliphatic heterocycles. The van der Waals surface area contributed by atoms with E-state index in [0.29, 0.717) is 36.5 Å². The number of hydrogen-bond donors (Lipinski definition) is 0. The maximum atomic E-state index is 13.1. The SMILES string of the molecule is FC(F)(F)c1cc(N2CC3(CCN(c4cnc5cnn(C6COC6)c5n4)C3)C2)c(Br)cn1. The third-order valence-electron chi connectivity index (χ3n) is 6.54. The van der Waals surface area contributed by atoms with Crippen LogP contribution in [0.2, 0.25) is 0 Å². The first-order valence-electron chi connectivity index (χ1n) is 10.3. The lowest BCUT2D eigenvalue weighted by Gasteiger charge is -2.49. The average Bonchev–Trinajstić information content (AvgIpc) is 3.30. The quantitative estimate of drug-likeness (QED) is 0.536. The van der Waals surface area contributed by atoms with Crippen molar-refractivity contribution in [3.63, 3.8) is 0 Å². The number of alkyl halides is 3. The average molecular weight is 510 g/mol. The molecule has 0 amide bonds. The van der Waals surface area contributed by atoms with Crippen LogP contribution in [-0.4, -0.2) is 64.1 Å². The van der Waals surface area contributed by atoms with Crippen LogP contribution in [0, 0.1) is 5.41 Å². The lowest BCUT2D eigenvalue weighted by molar-refractivity contribution is -0.141. The Morgan fingerprint density at radius 2 is 1.84 bits per heavy atom. The van der Waals surface area contributed by atoms with Gasteiger partial charge in [0, 0.05) is 37.8 Å². The highest BCUT2D eigenvalue weighted by Gasteiger charge is 2.49. The van der Waals surface area contributed by atoms with Crippen molar-refractivity contribution < 1.29 is 17.9 Å². The van der Waals surface area contributed by atoms with Gasteiger partial charge in [-0.3, -0.25) is 4.98 Å². The van der Waals surface area contributed by atoms with E-state index in [4.69, 9.17) is 9.72 Å². The highest BCUT2D eigenvalue weighted by atomic mass is 79.9. The number of anilines is 2. The summed E-state index contributed by atoms with van der Waals surface area (Å²) in [6.45, 7) is 4.27. The zero-order valence-corrected chi connectivity index (χ0v) is 18.5. The number of ether oxygens (including phenoxy) is 1. The maximum absolute atomic E-state index is 13.1. The second-order valence-electron chi connectivity index (χ2n) is 8.76. The van der Waals surface area contributed by atoms with Gasteiger partial charge in [0.25, 0.3) is 0 Å². The van der Waals surface area contributed by atoms with Gasteiger partial charge in [-0.2, -0.15) is 18.3 Å². The van der Waals surface area contributed by atoms with Crippen molar-refractivity contribution in [3.8, 4) is 0 Å². The second-order valence-corrected chi connectivity index (χ2v) is 9.62. The molecule has 0 aliphatic carbocycles. The van der Waals surface area contributed by atoms with Crippen molar-refractivity contribution >= 4 is 38.6 Å². The summed E-state index contributed by atoms with van der Waals surface area (Å²) in [5.41, 5.74) is 1.20. The largest absolute Gasteiger partial charge is 0.433 e. The molecule has 168 valence electrons. The van der Waals surface area contributed by atoms with Crippen LogP contribution in [0.4, 0.5) is 24.7 Å². The zero-order chi connectivity index (χ0) is 22.1. The molecule has 3 aromatic rings. The molecule has 0 N–H and O–H groups in total. The van der Waals surface area contributed by atoms with Crippen LogP contribution < -0.4 is 9.80 Å². The molecule has 0 aromatic carbocycles.